The second kappa shape index (κ2) is 8.06. The zero-order valence-corrected chi connectivity index (χ0v) is 19.0. The highest BCUT2D eigenvalue weighted by atomic mass is 35.5. The van der Waals surface area contributed by atoms with Crippen LogP contribution in [0.25, 0.3) is 0 Å². The Balaban J connectivity index is 1.60. The number of carbonyl (C=O) groups is 2. The predicted molar refractivity (Wildman–Crippen MR) is 123 cm³/mol. The fourth-order valence-electron chi connectivity index (χ4n) is 5.09. The Hall–Kier alpha value is -2.18. The Morgan fingerprint density at radius 2 is 2.00 bits per heavy atom. The van der Waals surface area contributed by atoms with Gasteiger partial charge in [0.15, 0.2) is 4.87 Å². The lowest BCUT2D eigenvalue weighted by molar-refractivity contribution is -0.143. The summed E-state index contributed by atoms with van der Waals surface area (Å²) in [6.45, 7) is 0.952. The summed E-state index contributed by atoms with van der Waals surface area (Å²) in [4.78, 5) is 30.2. The number of carbonyl (C=O) groups excluding carboxylic acids is 2. The van der Waals surface area contributed by atoms with Crippen molar-refractivity contribution in [2.45, 2.75) is 37.1 Å². The maximum Gasteiger partial charge on any atom is 0.268 e. The predicted octanol–water partition coefficient (Wildman–Crippen LogP) is 4.81. The van der Waals surface area contributed by atoms with Gasteiger partial charge in [-0.1, -0.05) is 42.6 Å². The summed E-state index contributed by atoms with van der Waals surface area (Å²) in [6.07, 6.45) is 4.00. The fourth-order valence-corrected chi connectivity index (χ4v) is 6.74. The zero-order valence-electron chi connectivity index (χ0n) is 17.5. The monoisotopic (exact) mass is 456 g/mol. The molecule has 2 amide bonds. The Labute approximate surface area is 191 Å². The normalized spacial score (nSPS) is 23.1. The van der Waals surface area contributed by atoms with Crippen molar-refractivity contribution in [3.8, 4) is 5.75 Å². The second-order valence-corrected chi connectivity index (χ2v) is 10.0. The average Bonchev–Trinajstić information content (AvgIpc) is 3.52. The number of rotatable bonds is 4. The number of thioether (sulfide) groups is 1. The van der Waals surface area contributed by atoms with E-state index >= 15 is 0 Å². The molecule has 3 aliphatic rings. The van der Waals surface area contributed by atoms with E-state index in [1.54, 1.807) is 23.8 Å². The molecule has 2 aliphatic heterocycles. The van der Waals surface area contributed by atoms with Crippen LogP contribution in [0.1, 0.15) is 36.8 Å². The molecule has 1 saturated carbocycles. The molecule has 0 bridgehead atoms. The molecular formula is C24H25ClN2O3S. The zero-order chi connectivity index (χ0) is 21.6. The van der Waals surface area contributed by atoms with Crippen molar-refractivity contribution in [3.05, 3.63) is 58.6 Å². The van der Waals surface area contributed by atoms with Crippen molar-refractivity contribution in [3.63, 3.8) is 0 Å². The van der Waals surface area contributed by atoms with Crippen LogP contribution in [0.5, 0.6) is 5.75 Å². The molecule has 1 saturated heterocycles. The summed E-state index contributed by atoms with van der Waals surface area (Å²) < 4.78 is 5.48. The van der Waals surface area contributed by atoms with Crippen LogP contribution in [0.15, 0.2) is 42.5 Å². The van der Waals surface area contributed by atoms with Gasteiger partial charge in [-0.25, -0.2) is 0 Å². The third-order valence-corrected chi connectivity index (χ3v) is 8.45. The maximum atomic E-state index is 14.1. The molecule has 2 aromatic rings. The lowest BCUT2D eigenvalue weighted by Gasteiger charge is -2.35. The summed E-state index contributed by atoms with van der Waals surface area (Å²) >= 11 is 7.98. The van der Waals surface area contributed by atoms with Gasteiger partial charge in [-0.2, -0.15) is 0 Å². The van der Waals surface area contributed by atoms with Crippen molar-refractivity contribution in [1.82, 2.24) is 4.90 Å². The Morgan fingerprint density at radius 3 is 2.74 bits per heavy atom. The third kappa shape index (κ3) is 3.23. The number of hydrogen-bond acceptors (Lipinski definition) is 4. The van der Waals surface area contributed by atoms with Gasteiger partial charge in [-0.3, -0.25) is 9.59 Å². The molecular weight excluding hydrogens is 432 g/mol. The number of benzene rings is 2. The summed E-state index contributed by atoms with van der Waals surface area (Å²) in [5.41, 5.74) is 2.55. The fraction of sp³-hybridized carbons (Fsp3) is 0.417. The number of halogens is 1. The van der Waals surface area contributed by atoms with Crippen LogP contribution in [0.2, 0.25) is 5.02 Å². The molecule has 2 aromatic carbocycles. The number of amides is 2. The molecule has 162 valence electrons. The Morgan fingerprint density at radius 1 is 1.23 bits per heavy atom. The number of anilines is 1. The molecule has 0 N–H and O–H groups in total. The molecule has 1 atom stereocenters. The molecule has 1 aliphatic carbocycles. The van der Waals surface area contributed by atoms with Gasteiger partial charge in [-0.05, 0) is 42.7 Å². The van der Waals surface area contributed by atoms with Gasteiger partial charge in [0.25, 0.3) is 5.91 Å². The first-order chi connectivity index (χ1) is 15.1. The SMILES string of the molecule is COc1ccc2c(c1)C1(SCCN1C(=O)C1CCCC1)C(=O)N2Cc1ccccc1Cl. The molecule has 2 heterocycles. The van der Waals surface area contributed by atoms with E-state index in [9.17, 15) is 9.59 Å². The molecule has 0 aromatic heterocycles. The highest BCUT2D eigenvalue weighted by Gasteiger charge is 2.60. The van der Waals surface area contributed by atoms with Crippen LogP contribution in [0.3, 0.4) is 0 Å². The van der Waals surface area contributed by atoms with Crippen molar-refractivity contribution in [1.29, 1.82) is 0 Å². The molecule has 2 fully saturated rings. The lowest BCUT2D eigenvalue weighted by Crippen LogP contribution is -2.51. The highest BCUT2D eigenvalue weighted by Crippen LogP contribution is 2.56. The third-order valence-electron chi connectivity index (χ3n) is 6.66. The van der Waals surface area contributed by atoms with Crippen LogP contribution in [-0.4, -0.2) is 36.1 Å². The van der Waals surface area contributed by atoms with Crippen LogP contribution in [0, 0.1) is 5.92 Å². The molecule has 5 rings (SSSR count). The molecule has 1 unspecified atom stereocenters. The first kappa shape index (κ1) is 20.7. The van der Waals surface area contributed by atoms with Gasteiger partial charge in [0.1, 0.15) is 5.75 Å². The van der Waals surface area contributed by atoms with Crippen molar-refractivity contribution in [2.75, 3.05) is 24.3 Å². The van der Waals surface area contributed by atoms with Gasteiger partial charge in [0.2, 0.25) is 5.91 Å². The molecule has 31 heavy (non-hydrogen) atoms. The van der Waals surface area contributed by atoms with E-state index in [1.165, 1.54) is 0 Å². The van der Waals surface area contributed by atoms with E-state index in [-0.39, 0.29) is 17.7 Å². The van der Waals surface area contributed by atoms with Gasteiger partial charge in [0.05, 0.1) is 19.3 Å². The van der Waals surface area contributed by atoms with Crippen molar-refractivity contribution < 1.29 is 14.3 Å². The Kier molecular flexibility index (Phi) is 5.39. The number of hydrogen-bond donors (Lipinski definition) is 0. The van der Waals surface area contributed by atoms with Gasteiger partial charge in [0, 0.05) is 28.8 Å². The average molecular weight is 457 g/mol. The van der Waals surface area contributed by atoms with Gasteiger partial charge in [-0.15, -0.1) is 11.8 Å². The van der Waals surface area contributed by atoms with Crippen LogP contribution in [0.4, 0.5) is 5.69 Å². The van der Waals surface area contributed by atoms with E-state index in [0.717, 1.165) is 48.3 Å². The van der Waals surface area contributed by atoms with Gasteiger partial charge >= 0.3 is 0 Å². The standard InChI is InChI=1S/C24H25ClN2O3S/c1-30-18-10-11-21-19(14-18)24(23(29)26(21)15-17-8-4-5-9-20(17)25)27(12-13-31-24)22(28)16-6-2-3-7-16/h4-5,8-11,14,16H,2-3,6-7,12-13,15H2,1H3. The Bertz CT molecular complexity index is 1040. The summed E-state index contributed by atoms with van der Waals surface area (Å²) in [5.74, 6) is 1.50. The summed E-state index contributed by atoms with van der Waals surface area (Å²) in [6, 6.07) is 13.3. The van der Waals surface area contributed by atoms with E-state index in [0.29, 0.717) is 23.9 Å². The van der Waals surface area contributed by atoms with Crippen LogP contribution in [-0.2, 0) is 21.0 Å². The quantitative estimate of drug-likeness (QED) is 0.662. The first-order valence-corrected chi connectivity index (χ1v) is 12.1. The van der Waals surface area contributed by atoms with E-state index in [1.807, 2.05) is 47.4 Å². The minimum atomic E-state index is -1.02. The number of methoxy groups -OCH3 is 1. The van der Waals surface area contributed by atoms with Gasteiger partial charge < -0.3 is 14.5 Å². The summed E-state index contributed by atoms with van der Waals surface area (Å²) in [7, 11) is 1.62. The molecule has 1 spiro atoms. The van der Waals surface area contributed by atoms with Crippen molar-refractivity contribution >= 4 is 40.9 Å². The maximum absolute atomic E-state index is 14.1. The smallest absolute Gasteiger partial charge is 0.268 e. The second-order valence-electron chi connectivity index (χ2n) is 8.33. The van der Waals surface area contributed by atoms with E-state index < -0.39 is 4.87 Å². The van der Waals surface area contributed by atoms with E-state index in [4.69, 9.17) is 16.3 Å². The molecule has 0 radical (unpaired) electrons. The lowest BCUT2D eigenvalue weighted by atomic mass is 10.0. The minimum Gasteiger partial charge on any atom is -0.497 e. The van der Waals surface area contributed by atoms with Crippen molar-refractivity contribution in [2.24, 2.45) is 5.92 Å². The van der Waals surface area contributed by atoms with E-state index in [2.05, 4.69) is 0 Å². The largest absolute Gasteiger partial charge is 0.497 e. The molecule has 7 heteroatoms. The number of nitrogens with zero attached hydrogens (tertiary/aromatic N) is 2. The van der Waals surface area contributed by atoms with Crippen LogP contribution < -0.4 is 9.64 Å². The minimum absolute atomic E-state index is 0.0232. The first-order valence-electron chi connectivity index (χ1n) is 10.8. The number of ether oxygens (including phenoxy) is 1. The summed E-state index contributed by atoms with van der Waals surface area (Å²) in [5, 5.41) is 0.629. The number of fused-ring (bicyclic) bond motifs is 2. The van der Waals surface area contributed by atoms with Crippen LogP contribution >= 0.6 is 23.4 Å². The highest BCUT2D eigenvalue weighted by molar-refractivity contribution is 8.01. The molecule has 5 nitrogen and oxygen atoms in total. The topological polar surface area (TPSA) is 49.9 Å².